The highest BCUT2D eigenvalue weighted by molar-refractivity contribution is 5.84. The number of nitrogens with zero attached hydrogens (tertiary/aromatic N) is 1. The summed E-state index contributed by atoms with van der Waals surface area (Å²) in [6, 6.07) is 6.54. The van der Waals surface area contributed by atoms with Crippen LogP contribution in [0.3, 0.4) is 0 Å². The van der Waals surface area contributed by atoms with E-state index in [-0.39, 0.29) is 13.3 Å². The van der Waals surface area contributed by atoms with Crippen LogP contribution in [0.4, 0.5) is 4.79 Å². The van der Waals surface area contributed by atoms with Crippen molar-refractivity contribution in [3.05, 3.63) is 24.3 Å². The van der Waals surface area contributed by atoms with Crippen molar-refractivity contribution in [2.45, 2.75) is 6.42 Å². The van der Waals surface area contributed by atoms with E-state index in [9.17, 15) is 9.59 Å². The molecule has 0 spiro atoms. The predicted molar refractivity (Wildman–Crippen MR) is 73.5 cm³/mol. The summed E-state index contributed by atoms with van der Waals surface area (Å²) in [5.41, 5.74) is 5.33. The minimum atomic E-state index is -0.525. The fourth-order valence-corrected chi connectivity index (χ4v) is 1.48. The Morgan fingerprint density at radius 2 is 2.10 bits per heavy atom. The second kappa shape index (κ2) is 8.76. The number of rotatable bonds is 8. The highest BCUT2D eigenvalue weighted by Gasteiger charge is 2.11. The van der Waals surface area contributed by atoms with Gasteiger partial charge in [0.15, 0.2) is 18.2 Å². The molecule has 7 heteroatoms. The van der Waals surface area contributed by atoms with Crippen molar-refractivity contribution in [1.82, 2.24) is 10.2 Å². The van der Waals surface area contributed by atoms with Crippen LogP contribution in [0.2, 0.25) is 0 Å². The van der Waals surface area contributed by atoms with E-state index >= 15 is 0 Å². The van der Waals surface area contributed by atoms with Gasteiger partial charge in [0.05, 0.1) is 7.11 Å². The third-order valence-corrected chi connectivity index (χ3v) is 2.51. The first-order chi connectivity index (χ1) is 9.72. The number of amides is 3. The number of nitrogens with one attached hydrogen (secondary N) is 1. The van der Waals surface area contributed by atoms with Gasteiger partial charge in [0, 0.05) is 6.54 Å². The predicted octanol–water partition coefficient (Wildman–Crippen LogP) is 0.548. The van der Waals surface area contributed by atoms with Crippen molar-refractivity contribution in [2.75, 3.05) is 26.9 Å². The van der Waals surface area contributed by atoms with E-state index in [0.29, 0.717) is 30.9 Å². The molecule has 7 nitrogen and oxygen atoms in total. The summed E-state index contributed by atoms with van der Waals surface area (Å²) in [5, 5.41) is 2.48. The van der Waals surface area contributed by atoms with E-state index in [4.69, 9.17) is 15.2 Å². The monoisotopic (exact) mass is 281 g/mol. The number of carbonyl (C=O) groups is 2. The number of carbonyl (C=O) groups excluding carboxylic acids is 2. The third kappa shape index (κ3) is 4.77. The molecular formula is C13H19N3O4. The van der Waals surface area contributed by atoms with Crippen molar-refractivity contribution in [3.8, 4) is 11.5 Å². The van der Waals surface area contributed by atoms with E-state index in [1.165, 1.54) is 7.11 Å². The van der Waals surface area contributed by atoms with Crippen LogP contribution in [0, 0.1) is 0 Å². The molecule has 20 heavy (non-hydrogen) atoms. The maximum Gasteiger partial charge on any atom is 0.326 e. The zero-order valence-electron chi connectivity index (χ0n) is 11.4. The zero-order valence-corrected chi connectivity index (χ0v) is 11.4. The van der Waals surface area contributed by atoms with Crippen LogP contribution in [0.25, 0.3) is 0 Å². The maximum absolute atomic E-state index is 11.7. The van der Waals surface area contributed by atoms with E-state index < -0.39 is 6.03 Å². The summed E-state index contributed by atoms with van der Waals surface area (Å²) in [6.45, 7) is 0.627. The number of ether oxygens (including phenoxy) is 2. The van der Waals surface area contributed by atoms with Crippen LogP contribution in [-0.2, 0) is 4.79 Å². The van der Waals surface area contributed by atoms with Gasteiger partial charge in [-0.05, 0) is 25.1 Å². The minimum absolute atomic E-state index is 0.0633. The molecule has 0 aliphatic carbocycles. The number of hydrogen-bond acceptors (Lipinski definition) is 5. The average molecular weight is 281 g/mol. The summed E-state index contributed by atoms with van der Waals surface area (Å²) < 4.78 is 10.5. The first-order valence-corrected chi connectivity index (χ1v) is 6.18. The first kappa shape index (κ1) is 15.8. The van der Waals surface area contributed by atoms with Crippen LogP contribution in [0.15, 0.2) is 24.3 Å². The van der Waals surface area contributed by atoms with Gasteiger partial charge >= 0.3 is 6.03 Å². The number of hydrogen-bond donors (Lipinski definition) is 2. The lowest BCUT2D eigenvalue weighted by Crippen LogP contribution is -2.41. The Hall–Kier alpha value is -2.28. The molecule has 0 fully saturated rings. The third-order valence-electron chi connectivity index (χ3n) is 2.51. The lowest BCUT2D eigenvalue weighted by atomic mass is 10.3. The number of nitrogens with two attached hydrogens (primary N) is 1. The molecule has 110 valence electrons. The van der Waals surface area contributed by atoms with Crippen molar-refractivity contribution in [2.24, 2.45) is 5.73 Å². The van der Waals surface area contributed by atoms with Crippen LogP contribution < -0.4 is 20.5 Å². The summed E-state index contributed by atoms with van der Waals surface area (Å²) in [5.74, 6) is 1.08. The minimum Gasteiger partial charge on any atom is -0.493 e. The molecule has 0 aliphatic rings. The Labute approximate surface area is 117 Å². The van der Waals surface area contributed by atoms with Gasteiger partial charge < -0.3 is 20.5 Å². The van der Waals surface area contributed by atoms with Crippen LogP contribution in [0.1, 0.15) is 6.42 Å². The Morgan fingerprint density at radius 3 is 2.70 bits per heavy atom. The number of benzene rings is 1. The van der Waals surface area contributed by atoms with Gasteiger partial charge in [0.1, 0.15) is 0 Å². The Morgan fingerprint density at radius 1 is 1.40 bits per heavy atom. The van der Waals surface area contributed by atoms with Crippen LogP contribution in [0.5, 0.6) is 11.5 Å². The largest absolute Gasteiger partial charge is 0.493 e. The Balaban J connectivity index is 2.42. The van der Waals surface area contributed by atoms with Gasteiger partial charge in [-0.2, -0.15) is 0 Å². The second-order valence-corrected chi connectivity index (χ2v) is 3.86. The van der Waals surface area contributed by atoms with Gasteiger partial charge in [-0.15, -0.1) is 0 Å². The molecule has 0 saturated carbocycles. The molecule has 1 aromatic carbocycles. The molecule has 3 amide bonds. The van der Waals surface area contributed by atoms with Crippen LogP contribution >= 0.6 is 0 Å². The normalized spacial score (nSPS) is 9.70. The molecule has 0 aromatic heterocycles. The van der Waals surface area contributed by atoms with Crippen molar-refractivity contribution in [3.63, 3.8) is 0 Å². The summed E-state index contributed by atoms with van der Waals surface area (Å²) in [4.78, 5) is 23.4. The number of methoxy groups -OCH3 is 1. The smallest absolute Gasteiger partial charge is 0.326 e. The fraction of sp³-hybridized carbons (Fsp3) is 0.385. The quantitative estimate of drug-likeness (QED) is 0.536. The topological polar surface area (TPSA) is 93.9 Å². The highest BCUT2D eigenvalue weighted by Crippen LogP contribution is 2.25. The van der Waals surface area contributed by atoms with Gasteiger partial charge in [-0.3, -0.25) is 9.69 Å². The maximum atomic E-state index is 11.7. The van der Waals surface area contributed by atoms with Gasteiger partial charge in [0.2, 0.25) is 6.41 Å². The van der Waals surface area contributed by atoms with E-state index in [2.05, 4.69) is 5.32 Å². The summed E-state index contributed by atoms with van der Waals surface area (Å²) in [7, 11) is 1.53. The lowest BCUT2D eigenvalue weighted by molar-refractivity contribution is -0.115. The van der Waals surface area contributed by atoms with E-state index in [1.807, 2.05) is 6.07 Å². The summed E-state index contributed by atoms with van der Waals surface area (Å²) in [6.07, 6.45) is 1.02. The van der Waals surface area contributed by atoms with Gasteiger partial charge in [0.25, 0.3) is 0 Å². The number of para-hydroxylation sites is 2. The second-order valence-electron chi connectivity index (χ2n) is 3.86. The number of imide groups is 1. The molecular weight excluding hydrogens is 262 g/mol. The average Bonchev–Trinajstić information content (AvgIpc) is 2.48. The highest BCUT2D eigenvalue weighted by atomic mass is 16.5. The molecule has 0 saturated heterocycles. The van der Waals surface area contributed by atoms with Crippen molar-refractivity contribution < 1.29 is 19.1 Å². The lowest BCUT2D eigenvalue weighted by Gasteiger charge is -2.16. The molecule has 0 bridgehead atoms. The molecule has 0 heterocycles. The Bertz CT molecular complexity index is 439. The van der Waals surface area contributed by atoms with E-state index in [0.717, 1.165) is 4.90 Å². The molecule has 0 aliphatic heterocycles. The molecule has 1 aromatic rings. The van der Waals surface area contributed by atoms with Crippen LogP contribution in [-0.4, -0.2) is 44.3 Å². The molecule has 0 atom stereocenters. The van der Waals surface area contributed by atoms with E-state index in [1.54, 1.807) is 18.2 Å². The summed E-state index contributed by atoms with van der Waals surface area (Å²) >= 11 is 0. The zero-order chi connectivity index (χ0) is 14.8. The van der Waals surface area contributed by atoms with Crippen molar-refractivity contribution >= 4 is 12.4 Å². The molecule has 0 radical (unpaired) electrons. The Kier molecular flexibility index (Phi) is 6.91. The van der Waals surface area contributed by atoms with Gasteiger partial charge in [-0.25, -0.2) is 4.79 Å². The fourth-order valence-electron chi connectivity index (χ4n) is 1.48. The standard InChI is InChI=1S/C13H19N3O4/c1-19-11-5-2-3-6-12(11)20-9-15-13(18)16(10-17)8-4-7-14/h2-3,5-6,10H,4,7-9,14H2,1H3,(H,15,18). The van der Waals surface area contributed by atoms with Crippen molar-refractivity contribution in [1.29, 1.82) is 0 Å². The SMILES string of the molecule is COc1ccccc1OCNC(=O)N(C=O)CCCN. The molecule has 3 N–H and O–H groups in total. The molecule has 1 rings (SSSR count). The number of urea groups is 1. The van der Waals surface area contributed by atoms with Gasteiger partial charge in [-0.1, -0.05) is 12.1 Å². The molecule has 0 unspecified atom stereocenters. The first-order valence-electron chi connectivity index (χ1n) is 6.18.